The molecule has 4 nitrogen and oxygen atoms in total. The summed E-state index contributed by atoms with van der Waals surface area (Å²) in [5.74, 6) is 0. The number of rotatable bonds is 5. The number of likely N-dealkylation sites (tertiary alicyclic amines) is 1. The first-order valence-corrected chi connectivity index (χ1v) is 9.90. The van der Waals surface area contributed by atoms with Crippen LogP contribution in [0.1, 0.15) is 23.1 Å². The number of quaternary nitrogens is 2. The van der Waals surface area contributed by atoms with Gasteiger partial charge in [0.05, 0.1) is 13.0 Å². The van der Waals surface area contributed by atoms with Gasteiger partial charge in [-0.05, 0) is 24.6 Å². The molecule has 2 aromatic carbocycles. The molecule has 3 aromatic rings. The molecule has 27 heavy (non-hydrogen) atoms. The van der Waals surface area contributed by atoms with Gasteiger partial charge in [-0.25, -0.2) is 4.79 Å². The summed E-state index contributed by atoms with van der Waals surface area (Å²) in [6.07, 6.45) is 1.20. The molecule has 1 fully saturated rings. The zero-order valence-electron chi connectivity index (χ0n) is 15.5. The molecular weight excluding hydrogens is 360 g/mol. The largest absolute Gasteiger partial charge is 0.423 e. The molecule has 1 aromatic heterocycles. The monoisotopic (exact) mass is 384 g/mol. The molecule has 5 heteroatoms. The number of nitrogens with two attached hydrogens (primary N) is 1. The summed E-state index contributed by atoms with van der Waals surface area (Å²) in [5, 5.41) is 4.00. The summed E-state index contributed by atoms with van der Waals surface area (Å²) in [6, 6.07) is 16.6. The maximum Gasteiger partial charge on any atom is 0.336 e. The van der Waals surface area contributed by atoms with Crippen molar-refractivity contribution >= 4 is 22.6 Å². The van der Waals surface area contributed by atoms with Gasteiger partial charge in [0, 0.05) is 27.6 Å². The highest BCUT2D eigenvalue weighted by atomic mass is 35.5. The standard InChI is InChI=1S/C22H23ClN2O2/c1-15-9-21-19(11-20(15)23)17(10-22(26)27-21)12-24-18-7-8-25(14-18)13-16-5-3-2-4-6-16/h2-6,9-11,18,24H,7-8,12-14H2,1H3/p+2/t18-/m0/s1. The Kier molecular flexibility index (Phi) is 5.30. The van der Waals surface area contributed by atoms with Gasteiger partial charge in [-0.15, -0.1) is 0 Å². The number of fused-ring (bicyclic) bond motifs is 1. The lowest BCUT2D eigenvalue weighted by Crippen LogP contribution is -3.10. The van der Waals surface area contributed by atoms with Crippen LogP contribution in [-0.4, -0.2) is 19.1 Å². The van der Waals surface area contributed by atoms with Gasteiger partial charge in [0.2, 0.25) is 0 Å². The molecule has 0 aliphatic carbocycles. The smallest absolute Gasteiger partial charge is 0.336 e. The van der Waals surface area contributed by atoms with Gasteiger partial charge in [-0.3, -0.25) is 0 Å². The molecule has 0 amide bonds. The summed E-state index contributed by atoms with van der Waals surface area (Å²) in [6.45, 7) is 6.11. The molecule has 0 bridgehead atoms. The van der Waals surface area contributed by atoms with Crippen molar-refractivity contribution in [3.63, 3.8) is 0 Å². The fourth-order valence-corrected chi connectivity index (χ4v) is 4.19. The Morgan fingerprint density at radius 1 is 1.22 bits per heavy atom. The van der Waals surface area contributed by atoms with Crippen LogP contribution in [0.15, 0.2) is 57.7 Å². The average molecular weight is 385 g/mol. The number of halogens is 1. The first-order chi connectivity index (χ1) is 13.1. The van der Waals surface area contributed by atoms with Crippen molar-refractivity contribution in [2.45, 2.75) is 32.5 Å². The minimum Gasteiger partial charge on any atom is -0.423 e. The zero-order chi connectivity index (χ0) is 18.8. The number of aryl methyl sites for hydroxylation is 1. The number of benzene rings is 2. The number of hydrogen-bond acceptors (Lipinski definition) is 2. The topological polar surface area (TPSA) is 51.3 Å². The summed E-state index contributed by atoms with van der Waals surface area (Å²) >= 11 is 6.29. The minimum atomic E-state index is -0.296. The van der Waals surface area contributed by atoms with Gasteiger partial charge >= 0.3 is 5.63 Å². The molecule has 2 atom stereocenters. The molecule has 1 aliphatic rings. The fourth-order valence-electron chi connectivity index (χ4n) is 4.02. The lowest BCUT2D eigenvalue weighted by molar-refractivity contribution is -0.911. The second-order valence-corrected chi connectivity index (χ2v) is 7.95. The van der Waals surface area contributed by atoms with Crippen molar-refractivity contribution in [3.05, 3.63) is 80.7 Å². The Hall–Kier alpha value is -2.14. The molecule has 1 aliphatic heterocycles. The van der Waals surface area contributed by atoms with E-state index in [-0.39, 0.29) is 5.63 Å². The molecule has 1 unspecified atom stereocenters. The molecule has 1 saturated heterocycles. The Bertz CT molecular complexity index is 1000. The van der Waals surface area contributed by atoms with Crippen LogP contribution in [0.4, 0.5) is 0 Å². The first-order valence-electron chi connectivity index (χ1n) is 9.52. The predicted octanol–water partition coefficient (Wildman–Crippen LogP) is 1.68. The summed E-state index contributed by atoms with van der Waals surface area (Å²) < 4.78 is 5.36. The van der Waals surface area contributed by atoms with Crippen molar-refractivity contribution < 1.29 is 14.6 Å². The minimum absolute atomic E-state index is 0.296. The predicted molar refractivity (Wildman–Crippen MR) is 107 cm³/mol. The van der Waals surface area contributed by atoms with E-state index in [4.69, 9.17) is 16.0 Å². The van der Waals surface area contributed by atoms with E-state index in [0.29, 0.717) is 16.6 Å². The van der Waals surface area contributed by atoms with Crippen molar-refractivity contribution in [2.75, 3.05) is 13.1 Å². The van der Waals surface area contributed by atoms with E-state index in [9.17, 15) is 4.79 Å². The molecule has 4 rings (SSSR count). The van der Waals surface area contributed by atoms with Crippen LogP contribution in [0.25, 0.3) is 11.0 Å². The molecule has 140 valence electrons. The van der Waals surface area contributed by atoms with E-state index in [2.05, 4.69) is 35.6 Å². The first kappa shape index (κ1) is 18.2. The highest BCUT2D eigenvalue weighted by Gasteiger charge is 2.28. The van der Waals surface area contributed by atoms with Gasteiger partial charge < -0.3 is 14.6 Å². The van der Waals surface area contributed by atoms with Crippen molar-refractivity contribution in [1.29, 1.82) is 0 Å². The van der Waals surface area contributed by atoms with E-state index >= 15 is 0 Å². The van der Waals surface area contributed by atoms with Gasteiger partial charge in [0.25, 0.3) is 0 Å². The van der Waals surface area contributed by atoms with E-state index in [1.807, 2.05) is 19.1 Å². The van der Waals surface area contributed by atoms with Crippen LogP contribution < -0.4 is 15.8 Å². The van der Waals surface area contributed by atoms with E-state index in [0.717, 1.165) is 36.1 Å². The highest BCUT2D eigenvalue weighted by molar-refractivity contribution is 6.32. The summed E-state index contributed by atoms with van der Waals surface area (Å²) in [7, 11) is 0. The Morgan fingerprint density at radius 2 is 2.04 bits per heavy atom. The third kappa shape index (κ3) is 4.24. The highest BCUT2D eigenvalue weighted by Crippen LogP contribution is 2.24. The van der Waals surface area contributed by atoms with Crippen LogP contribution in [0.2, 0.25) is 5.02 Å². The second-order valence-electron chi connectivity index (χ2n) is 7.54. The lowest BCUT2D eigenvalue weighted by atomic mass is 10.1. The zero-order valence-corrected chi connectivity index (χ0v) is 16.3. The molecule has 0 radical (unpaired) electrons. The van der Waals surface area contributed by atoms with Crippen LogP contribution >= 0.6 is 11.6 Å². The van der Waals surface area contributed by atoms with Crippen LogP contribution in [0.5, 0.6) is 0 Å². The quantitative estimate of drug-likeness (QED) is 0.657. The molecule has 0 spiro atoms. The van der Waals surface area contributed by atoms with Gasteiger partial charge in [-0.1, -0.05) is 41.9 Å². The van der Waals surface area contributed by atoms with Gasteiger partial charge in [-0.2, -0.15) is 0 Å². The summed E-state index contributed by atoms with van der Waals surface area (Å²) in [5.41, 5.74) is 3.64. The number of nitrogens with one attached hydrogen (secondary N) is 1. The molecule has 3 N–H and O–H groups in total. The number of hydrogen-bond donors (Lipinski definition) is 2. The fraction of sp³-hybridized carbons (Fsp3) is 0.318. The Labute approximate surface area is 163 Å². The van der Waals surface area contributed by atoms with E-state index in [1.54, 1.807) is 11.0 Å². The molecular formula is C22H25ClN2O2+2. The third-order valence-electron chi connectivity index (χ3n) is 5.50. The maximum absolute atomic E-state index is 11.9. The molecule has 0 saturated carbocycles. The van der Waals surface area contributed by atoms with E-state index < -0.39 is 0 Å². The molecule has 2 heterocycles. The Balaban J connectivity index is 1.43. The lowest BCUT2D eigenvalue weighted by Gasteiger charge is -2.13. The second kappa shape index (κ2) is 7.85. The maximum atomic E-state index is 11.9. The van der Waals surface area contributed by atoms with Gasteiger partial charge in [0.15, 0.2) is 0 Å². The summed E-state index contributed by atoms with van der Waals surface area (Å²) in [4.78, 5) is 13.6. The Morgan fingerprint density at radius 3 is 2.85 bits per heavy atom. The van der Waals surface area contributed by atoms with Crippen LogP contribution in [0.3, 0.4) is 0 Å². The van der Waals surface area contributed by atoms with E-state index in [1.165, 1.54) is 18.5 Å². The normalized spacial score (nSPS) is 19.6. The van der Waals surface area contributed by atoms with Crippen molar-refractivity contribution in [1.82, 2.24) is 0 Å². The third-order valence-corrected chi connectivity index (χ3v) is 5.90. The average Bonchev–Trinajstić information content (AvgIpc) is 3.09. The van der Waals surface area contributed by atoms with Crippen LogP contribution in [0, 0.1) is 6.92 Å². The van der Waals surface area contributed by atoms with Gasteiger partial charge in [0.1, 0.15) is 31.3 Å². The SMILES string of the molecule is Cc1cc2oc(=O)cc(C[NH2+][C@H]3CC[NH+](Cc4ccccc4)C3)c2cc1Cl. The van der Waals surface area contributed by atoms with Crippen molar-refractivity contribution in [3.8, 4) is 0 Å². The van der Waals surface area contributed by atoms with Crippen LogP contribution in [-0.2, 0) is 13.1 Å². The van der Waals surface area contributed by atoms with Crippen molar-refractivity contribution in [2.24, 2.45) is 0 Å².